The van der Waals surface area contributed by atoms with Crippen LogP contribution in [-0.4, -0.2) is 23.3 Å². The zero-order valence-electron chi connectivity index (χ0n) is 19.0. The Kier molecular flexibility index (Phi) is 10.0. The first-order valence-electron chi connectivity index (χ1n) is 11.0. The van der Waals surface area contributed by atoms with Gasteiger partial charge in [0.15, 0.2) is 0 Å². The number of nitrogens with zero attached hydrogens (tertiary/aromatic N) is 2. The topological polar surface area (TPSA) is 56.1 Å². The number of benzene rings is 2. The van der Waals surface area contributed by atoms with Gasteiger partial charge in [-0.15, -0.1) is 0 Å². The van der Waals surface area contributed by atoms with Gasteiger partial charge in [-0.1, -0.05) is 57.7 Å². The second-order valence-corrected chi connectivity index (χ2v) is 7.73. The van der Waals surface area contributed by atoms with Crippen LogP contribution < -0.4 is 10.1 Å². The lowest BCUT2D eigenvalue weighted by Crippen LogP contribution is -2.12. The van der Waals surface area contributed by atoms with E-state index in [0.717, 1.165) is 10.9 Å². The summed E-state index contributed by atoms with van der Waals surface area (Å²) in [6.45, 7) is 6.00. The van der Waals surface area contributed by atoms with Gasteiger partial charge in [-0.2, -0.15) is 5.10 Å². The number of nitrogens with one attached hydrogen (secondary N) is 1. The molecule has 1 saturated carbocycles. The zero-order chi connectivity index (χ0) is 22.6. The molecule has 6 heteroatoms. The Morgan fingerprint density at radius 3 is 2.42 bits per heavy atom. The predicted octanol–water partition coefficient (Wildman–Crippen LogP) is 6.67. The number of aromatic nitrogens is 2. The van der Waals surface area contributed by atoms with E-state index in [2.05, 4.69) is 35.1 Å². The fraction of sp³-hybridized carbons (Fsp3) is 0.440. The first-order chi connectivity index (χ1) is 15.0. The Bertz CT molecular complexity index is 928. The fourth-order valence-electron chi connectivity index (χ4n) is 3.50. The number of fused-ring (bicyclic) bond motifs is 1. The van der Waals surface area contributed by atoms with E-state index in [1.807, 2.05) is 18.2 Å². The highest BCUT2D eigenvalue weighted by Crippen LogP contribution is 2.32. The summed E-state index contributed by atoms with van der Waals surface area (Å²) < 4.78 is 19.7. The molecule has 1 heterocycles. The van der Waals surface area contributed by atoms with Gasteiger partial charge in [0.2, 0.25) is 6.41 Å². The molecule has 1 aliphatic carbocycles. The number of methoxy groups -OCH3 is 1. The molecule has 0 atom stereocenters. The van der Waals surface area contributed by atoms with E-state index in [-0.39, 0.29) is 5.82 Å². The largest absolute Gasteiger partial charge is 0.494 e. The minimum atomic E-state index is -0.132. The van der Waals surface area contributed by atoms with Crippen molar-refractivity contribution in [3.05, 3.63) is 54.0 Å². The number of aryl methyl sites for hydroxylation is 1. The predicted molar refractivity (Wildman–Crippen MR) is 125 cm³/mol. The van der Waals surface area contributed by atoms with Gasteiger partial charge in [0.1, 0.15) is 11.6 Å². The third-order valence-electron chi connectivity index (χ3n) is 5.08. The van der Waals surface area contributed by atoms with Crippen LogP contribution in [0.1, 0.15) is 64.0 Å². The van der Waals surface area contributed by atoms with Crippen LogP contribution in [0.5, 0.6) is 5.75 Å². The van der Waals surface area contributed by atoms with Gasteiger partial charge in [0.05, 0.1) is 24.4 Å². The van der Waals surface area contributed by atoms with E-state index in [0.29, 0.717) is 29.5 Å². The van der Waals surface area contributed by atoms with E-state index >= 15 is 0 Å². The van der Waals surface area contributed by atoms with Crippen molar-refractivity contribution >= 4 is 23.0 Å². The normalized spacial score (nSPS) is 13.5. The first kappa shape index (κ1) is 24.4. The number of hydrogen-bond acceptors (Lipinski definition) is 3. The Morgan fingerprint density at radius 1 is 1.19 bits per heavy atom. The monoisotopic (exact) mass is 427 g/mol. The SMILES string of the molecule is CCC.COc1cc2nn(C3CCCCC3)cc2cc1NC=O.Cc1ccccc1F. The van der Waals surface area contributed by atoms with Crippen molar-refractivity contribution in [2.75, 3.05) is 12.4 Å². The van der Waals surface area contributed by atoms with Crippen molar-refractivity contribution in [1.29, 1.82) is 0 Å². The van der Waals surface area contributed by atoms with Gasteiger partial charge in [-0.25, -0.2) is 4.39 Å². The summed E-state index contributed by atoms with van der Waals surface area (Å²) in [6, 6.07) is 11.0. The third-order valence-corrected chi connectivity index (χ3v) is 5.08. The molecule has 1 aromatic heterocycles. The molecule has 5 nitrogen and oxygen atoms in total. The van der Waals surface area contributed by atoms with Crippen molar-refractivity contribution in [2.24, 2.45) is 0 Å². The molecule has 1 N–H and O–H groups in total. The minimum absolute atomic E-state index is 0.132. The number of carbonyl (C=O) groups is 1. The molecule has 1 aliphatic rings. The molecule has 31 heavy (non-hydrogen) atoms. The molecular weight excluding hydrogens is 393 g/mol. The summed E-state index contributed by atoms with van der Waals surface area (Å²) in [5.74, 6) is 0.506. The Balaban J connectivity index is 0.000000258. The molecule has 0 saturated heterocycles. The lowest BCUT2D eigenvalue weighted by Gasteiger charge is -2.21. The van der Waals surface area contributed by atoms with Gasteiger partial charge in [0, 0.05) is 17.6 Å². The highest BCUT2D eigenvalue weighted by Gasteiger charge is 2.17. The van der Waals surface area contributed by atoms with Crippen LogP contribution in [0, 0.1) is 12.7 Å². The summed E-state index contributed by atoms with van der Waals surface area (Å²) in [5, 5.41) is 8.36. The second kappa shape index (κ2) is 12.7. The van der Waals surface area contributed by atoms with Gasteiger partial charge in [-0.3, -0.25) is 9.48 Å². The standard InChI is InChI=1S/C15H19N3O2.C7H7F.C3H8/c1-20-15-8-13-11(7-14(15)16-10-19)9-18(17-13)12-5-3-2-4-6-12;1-6-4-2-3-5-7(6)8;1-3-2/h7-10,12H,2-6H2,1H3,(H,16,19);2-5H,1H3;3H2,1-2H3. The highest BCUT2D eigenvalue weighted by molar-refractivity contribution is 5.88. The van der Waals surface area contributed by atoms with Crippen LogP contribution >= 0.6 is 0 Å². The Morgan fingerprint density at radius 2 is 1.87 bits per heavy atom. The maximum absolute atomic E-state index is 12.3. The molecule has 0 spiro atoms. The molecule has 2 aromatic carbocycles. The van der Waals surface area contributed by atoms with Crippen molar-refractivity contribution < 1.29 is 13.9 Å². The van der Waals surface area contributed by atoms with E-state index in [9.17, 15) is 9.18 Å². The number of carbonyl (C=O) groups excluding carboxylic acids is 1. The maximum atomic E-state index is 12.3. The van der Waals surface area contributed by atoms with Gasteiger partial charge < -0.3 is 10.1 Å². The molecular formula is C25H34FN3O2. The van der Waals surface area contributed by atoms with Gasteiger partial charge >= 0.3 is 0 Å². The lowest BCUT2D eigenvalue weighted by atomic mass is 9.96. The van der Waals surface area contributed by atoms with Crippen LogP contribution in [0.15, 0.2) is 42.6 Å². The summed E-state index contributed by atoms with van der Waals surface area (Å²) >= 11 is 0. The van der Waals surface area contributed by atoms with Gasteiger partial charge in [0.25, 0.3) is 0 Å². The number of halogens is 1. The summed E-state index contributed by atoms with van der Waals surface area (Å²) in [4.78, 5) is 10.6. The number of hydrogen-bond donors (Lipinski definition) is 1. The first-order valence-corrected chi connectivity index (χ1v) is 11.0. The van der Waals surface area contributed by atoms with Crippen LogP contribution in [0.2, 0.25) is 0 Å². The Labute approximate surface area is 184 Å². The molecule has 168 valence electrons. The molecule has 4 rings (SSSR count). The summed E-state index contributed by atoms with van der Waals surface area (Å²) in [5.41, 5.74) is 2.29. The van der Waals surface area contributed by atoms with Crippen LogP contribution in [0.25, 0.3) is 10.9 Å². The van der Waals surface area contributed by atoms with E-state index in [4.69, 9.17) is 4.74 Å². The van der Waals surface area contributed by atoms with Crippen molar-refractivity contribution in [1.82, 2.24) is 9.78 Å². The molecule has 1 fully saturated rings. The number of anilines is 1. The molecule has 0 aliphatic heterocycles. The molecule has 0 radical (unpaired) electrons. The van der Waals surface area contributed by atoms with E-state index in [1.165, 1.54) is 44.6 Å². The van der Waals surface area contributed by atoms with Gasteiger partial charge in [-0.05, 0) is 37.5 Å². The summed E-state index contributed by atoms with van der Waals surface area (Å²) in [7, 11) is 1.59. The zero-order valence-corrected chi connectivity index (χ0v) is 19.0. The highest BCUT2D eigenvalue weighted by atomic mass is 19.1. The molecule has 0 bridgehead atoms. The summed E-state index contributed by atoms with van der Waals surface area (Å²) in [6.07, 6.45) is 10.3. The average molecular weight is 428 g/mol. The van der Waals surface area contributed by atoms with Crippen LogP contribution in [0.4, 0.5) is 10.1 Å². The van der Waals surface area contributed by atoms with Crippen molar-refractivity contribution in [2.45, 2.75) is 65.3 Å². The quantitative estimate of drug-likeness (QED) is 0.473. The van der Waals surface area contributed by atoms with Crippen LogP contribution in [-0.2, 0) is 4.79 Å². The van der Waals surface area contributed by atoms with Crippen LogP contribution in [0.3, 0.4) is 0 Å². The fourth-order valence-corrected chi connectivity index (χ4v) is 3.50. The minimum Gasteiger partial charge on any atom is -0.494 e. The number of ether oxygens (including phenoxy) is 1. The molecule has 0 unspecified atom stereocenters. The van der Waals surface area contributed by atoms with E-state index < -0.39 is 0 Å². The second-order valence-electron chi connectivity index (χ2n) is 7.73. The maximum Gasteiger partial charge on any atom is 0.211 e. The lowest BCUT2D eigenvalue weighted by molar-refractivity contribution is -0.105. The third kappa shape index (κ3) is 7.09. The average Bonchev–Trinajstić information content (AvgIpc) is 3.20. The van der Waals surface area contributed by atoms with E-state index in [1.54, 1.807) is 26.2 Å². The number of amides is 1. The number of rotatable bonds is 4. The molecule has 3 aromatic rings. The van der Waals surface area contributed by atoms with Crippen molar-refractivity contribution in [3.8, 4) is 5.75 Å². The van der Waals surface area contributed by atoms with Crippen molar-refractivity contribution in [3.63, 3.8) is 0 Å². The molecule has 1 amide bonds. The smallest absolute Gasteiger partial charge is 0.211 e. The Hall–Kier alpha value is -2.89.